The third-order valence-corrected chi connectivity index (χ3v) is 3.81. The zero-order chi connectivity index (χ0) is 23.7. The second-order valence-corrected chi connectivity index (χ2v) is 6.46. The summed E-state index contributed by atoms with van der Waals surface area (Å²) in [5.41, 5.74) is 0. The third kappa shape index (κ3) is 14.8. The molecular formula is C16H23N3O9STc. The summed E-state index contributed by atoms with van der Waals surface area (Å²) in [5, 5.41) is 16.1. The van der Waals surface area contributed by atoms with Crippen LogP contribution in [-0.2, 0) is 55.9 Å². The van der Waals surface area contributed by atoms with Crippen molar-refractivity contribution in [2.75, 3.05) is 38.8 Å². The van der Waals surface area contributed by atoms with Gasteiger partial charge in [-0.3, -0.25) is 9.59 Å². The van der Waals surface area contributed by atoms with Crippen molar-refractivity contribution >= 4 is 47.2 Å². The molecule has 12 nitrogen and oxygen atoms in total. The van der Waals surface area contributed by atoms with Crippen molar-refractivity contribution in [1.82, 2.24) is 4.90 Å². The third-order valence-electron chi connectivity index (χ3n) is 3.28. The summed E-state index contributed by atoms with van der Waals surface area (Å²) < 4.78 is 13.0. The van der Waals surface area contributed by atoms with Crippen molar-refractivity contribution in [3.05, 3.63) is 10.6 Å². The monoisotopic (exact) mass is 530 g/mol. The number of nitrogens with zero attached hydrogens (tertiary/aromatic N) is 3. The molecule has 0 saturated carbocycles. The second kappa shape index (κ2) is 17.7. The predicted octanol–water partition coefficient (Wildman–Crippen LogP) is -0.147. The Morgan fingerprint density at radius 1 is 1.03 bits per heavy atom. The van der Waals surface area contributed by atoms with Gasteiger partial charge in [0.15, 0.2) is 6.04 Å². The first-order chi connectivity index (χ1) is 14.1. The van der Waals surface area contributed by atoms with Gasteiger partial charge in [-0.1, -0.05) is 6.54 Å². The standard InChI is InChI=1S/C16H25N3O8S.O.Tc/c1-10(20)4-5-15(24)27-8-11(16(25)26)19(2)14(23)7-18-12(21)6-17-13(22)9-28-3;;/h11H,4-9H2,1-3H3,(H3,17,18,21,22,25,26);;/q;;+2/p-2. The molecule has 0 aromatic heterocycles. The van der Waals surface area contributed by atoms with E-state index in [0.29, 0.717) is 0 Å². The molecule has 1 unspecified atom stereocenters. The van der Waals surface area contributed by atoms with Gasteiger partial charge in [-0.25, -0.2) is 4.79 Å². The zero-order valence-corrected chi connectivity index (χ0v) is 19.3. The average molecular weight is 531 g/mol. The molecule has 0 saturated heterocycles. The van der Waals surface area contributed by atoms with Crippen molar-refractivity contribution in [2.45, 2.75) is 25.8 Å². The van der Waals surface area contributed by atoms with Crippen LogP contribution in [0.25, 0.3) is 10.6 Å². The fourth-order valence-electron chi connectivity index (χ4n) is 1.69. The Kier molecular flexibility index (Phi) is 17.7. The number of Topliss-reactive ketones (excluding diaryl/α,β-unsaturated/α-hetero) is 1. The average Bonchev–Trinajstić information content (AvgIpc) is 2.70. The Balaban J connectivity index is 0. The molecule has 1 atom stereocenters. The van der Waals surface area contributed by atoms with Crippen LogP contribution in [0.1, 0.15) is 19.8 Å². The first-order valence-electron chi connectivity index (χ1n) is 8.27. The van der Waals surface area contributed by atoms with Gasteiger partial charge in [0.1, 0.15) is 12.4 Å². The van der Waals surface area contributed by atoms with E-state index in [1.54, 1.807) is 6.26 Å². The number of carbonyl (C=O) groups excluding carboxylic acids is 5. The Morgan fingerprint density at radius 2 is 1.60 bits per heavy atom. The molecule has 1 N–H and O–H groups in total. The molecular weight excluding hydrogens is 508 g/mol. The molecule has 0 heterocycles. The van der Waals surface area contributed by atoms with Gasteiger partial charge in [0, 0.05) is 25.1 Å². The van der Waals surface area contributed by atoms with Crippen molar-refractivity contribution < 1.29 is 61.0 Å². The van der Waals surface area contributed by atoms with Gasteiger partial charge in [0.05, 0.1) is 12.3 Å². The molecule has 14 heteroatoms. The van der Waals surface area contributed by atoms with Crippen LogP contribution < -0.4 is 0 Å². The minimum atomic E-state index is -1.48. The Morgan fingerprint density at radius 3 is 2.10 bits per heavy atom. The van der Waals surface area contributed by atoms with Gasteiger partial charge in [-0.2, -0.15) is 11.8 Å². The Labute approximate surface area is 188 Å². The van der Waals surface area contributed by atoms with Crippen molar-refractivity contribution in [3.63, 3.8) is 0 Å². The van der Waals surface area contributed by atoms with Gasteiger partial charge < -0.3 is 39.8 Å². The van der Waals surface area contributed by atoms with Crippen LogP contribution in [0.15, 0.2) is 0 Å². The normalized spacial score (nSPS) is 10.5. The fraction of sp³-hybridized carbons (Fsp3) is 0.625. The van der Waals surface area contributed by atoms with Crippen LogP contribution in [0, 0.1) is 0 Å². The van der Waals surface area contributed by atoms with E-state index >= 15 is 0 Å². The number of ketones is 1. The van der Waals surface area contributed by atoms with E-state index in [9.17, 15) is 33.9 Å². The summed E-state index contributed by atoms with van der Waals surface area (Å²) in [6.45, 7) is -0.437. The van der Waals surface area contributed by atoms with E-state index < -0.39 is 55.4 Å². The van der Waals surface area contributed by atoms with Gasteiger partial charge in [0.2, 0.25) is 5.91 Å². The maximum absolute atomic E-state index is 12.0. The summed E-state index contributed by atoms with van der Waals surface area (Å²) in [5.74, 6) is -4.34. The van der Waals surface area contributed by atoms with Crippen molar-refractivity contribution in [1.29, 1.82) is 0 Å². The molecule has 3 amide bonds. The molecule has 0 radical (unpaired) electrons. The maximum atomic E-state index is 12.0. The number of rotatable bonds is 13. The molecule has 0 aliphatic rings. The van der Waals surface area contributed by atoms with Gasteiger partial charge >= 0.3 is 34.3 Å². The van der Waals surface area contributed by atoms with Crippen molar-refractivity contribution in [3.8, 4) is 0 Å². The van der Waals surface area contributed by atoms with E-state index in [4.69, 9.17) is 8.24 Å². The van der Waals surface area contributed by atoms with E-state index in [1.807, 2.05) is 0 Å². The van der Waals surface area contributed by atoms with Crippen LogP contribution in [0.5, 0.6) is 0 Å². The Bertz CT molecular complexity index is 633. The molecule has 0 aliphatic heterocycles. The number of likely N-dealkylation sites (N-methyl/N-ethyl adjacent to an activating group) is 1. The number of ether oxygens (including phenoxy) is 1. The number of amides is 3. The molecule has 0 aliphatic carbocycles. The number of hydrogen-bond acceptors (Lipinski definition) is 9. The number of carboxylic acids is 1. The summed E-state index contributed by atoms with van der Waals surface area (Å²) >= 11 is 2.15. The van der Waals surface area contributed by atoms with Gasteiger partial charge in [-0.05, 0) is 19.7 Å². The quantitative estimate of drug-likeness (QED) is 0.314. The van der Waals surface area contributed by atoms with Crippen molar-refractivity contribution in [2.24, 2.45) is 0 Å². The molecule has 169 valence electrons. The van der Waals surface area contributed by atoms with E-state index in [0.717, 1.165) is 30.8 Å². The predicted molar refractivity (Wildman–Crippen MR) is 101 cm³/mol. The van der Waals surface area contributed by atoms with Crippen LogP contribution in [0.2, 0.25) is 0 Å². The molecule has 0 bridgehead atoms. The Hall–Kier alpha value is -2.18. The van der Waals surface area contributed by atoms with E-state index in [-0.39, 0.29) is 24.4 Å². The molecule has 0 fully saturated rings. The summed E-state index contributed by atoms with van der Waals surface area (Å²) in [6.07, 6.45) is 1.48. The minimum absolute atomic E-state index is 0.0309. The molecule has 0 rings (SSSR count). The summed E-state index contributed by atoms with van der Waals surface area (Å²) in [4.78, 5) is 69.1. The fourth-order valence-corrected chi connectivity index (χ4v) is 2.03. The van der Waals surface area contributed by atoms with Crippen LogP contribution in [0.3, 0.4) is 0 Å². The molecule has 0 aromatic carbocycles. The van der Waals surface area contributed by atoms with E-state index in [1.165, 1.54) is 18.7 Å². The number of carbonyl (C=O) groups is 6. The SMILES string of the molecule is CSCC(=O)[N-]CC(=O)[N-]CC(=O)N(C)C(COC(=O)CCC(C)=O)C(=O)O.[O]=[Tc+2]. The zero-order valence-electron chi connectivity index (χ0n) is 16.7. The number of hydrogen-bond donors (Lipinski definition) is 1. The second-order valence-electron chi connectivity index (χ2n) is 5.60. The topological polar surface area (TPSA) is 180 Å². The molecule has 0 aromatic rings. The van der Waals surface area contributed by atoms with Crippen LogP contribution in [-0.4, -0.2) is 90.2 Å². The summed E-state index contributed by atoms with van der Waals surface area (Å²) in [6, 6.07) is -1.48. The van der Waals surface area contributed by atoms with Crippen LogP contribution in [0.4, 0.5) is 0 Å². The number of aliphatic carboxylic acids is 1. The molecule has 30 heavy (non-hydrogen) atoms. The first-order valence-corrected chi connectivity index (χ1v) is 10.4. The van der Waals surface area contributed by atoms with E-state index in [2.05, 4.69) is 10.6 Å². The number of esters is 1. The van der Waals surface area contributed by atoms with Gasteiger partial charge in [0.25, 0.3) is 0 Å². The number of carboxylic acid groups (broad SMARTS) is 1. The number of thioether (sulfide) groups is 1. The van der Waals surface area contributed by atoms with Crippen LogP contribution >= 0.6 is 11.8 Å². The van der Waals surface area contributed by atoms with Gasteiger partial charge in [-0.15, -0.1) is 0 Å². The molecule has 0 spiro atoms. The first kappa shape index (κ1) is 30.0. The summed E-state index contributed by atoms with van der Waals surface area (Å²) in [7, 11) is 1.16.